The molecule has 0 atom stereocenters. The lowest BCUT2D eigenvalue weighted by Gasteiger charge is -2.08. The summed E-state index contributed by atoms with van der Waals surface area (Å²) in [5.74, 6) is 0. The summed E-state index contributed by atoms with van der Waals surface area (Å²) in [4.78, 5) is 9.17. The number of hydrogen-bond donors (Lipinski definition) is 3. The number of carbonyl (C=O) groups excluding carboxylic acids is 1. The van der Waals surface area contributed by atoms with Gasteiger partial charge in [-0.1, -0.05) is 65.0 Å². The first-order valence-electron chi connectivity index (χ1n) is 11.1. The van der Waals surface area contributed by atoms with Gasteiger partial charge in [-0.05, 0) is 50.6 Å². The van der Waals surface area contributed by atoms with Gasteiger partial charge in [-0.15, -0.1) is 0 Å². The molecule has 0 amide bonds. The number of nitrogens with two attached hydrogens (primary N) is 1. The average Bonchev–Trinajstić information content (AvgIpc) is 2.76. The number of aldehydes is 1. The molecule has 4 N–H and O–H groups in total. The summed E-state index contributed by atoms with van der Waals surface area (Å²) < 4.78 is 36.5. The Kier molecular flexibility index (Phi) is 29.4. The maximum absolute atomic E-state index is 12.2. The molecule has 0 aromatic heterocycles. The Labute approximate surface area is 200 Å². The van der Waals surface area contributed by atoms with E-state index in [0.717, 1.165) is 25.0 Å². The smallest absolute Gasteiger partial charge is 0.388 e. The molecule has 0 unspecified atom stereocenters. The maximum atomic E-state index is 12.2. The highest BCUT2D eigenvalue weighted by atomic mass is 19.4. The number of benzene rings is 1. The lowest BCUT2D eigenvalue weighted by atomic mass is 10.1. The van der Waals surface area contributed by atoms with Crippen molar-refractivity contribution < 1.29 is 18.0 Å². The molecular formula is C26H46F3N3O. The maximum Gasteiger partial charge on any atom is 0.416 e. The third-order valence-electron chi connectivity index (χ3n) is 3.36. The first-order chi connectivity index (χ1) is 15.4. The Morgan fingerprint density at radius 3 is 1.67 bits per heavy atom. The normalized spacial score (nSPS) is 10.3. The summed E-state index contributed by atoms with van der Waals surface area (Å²) in [6, 6.07) is 6.29. The predicted molar refractivity (Wildman–Crippen MR) is 140 cm³/mol. The van der Waals surface area contributed by atoms with E-state index >= 15 is 0 Å². The number of nitrogens with one attached hydrogen (secondary N) is 2. The van der Waals surface area contributed by atoms with E-state index in [2.05, 4.69) is 63.1 Å². The van der Waals surface area contributed by atoms with Crippen LogP contribution in [-0.2, 0) is 4.79 Å². The van der Waals surface area contributed by atoms with Crippen molar-refractivity contribution in [2.75, 3.05) is 26.0 Å². The minimum absolute atomic E-state index is 0.338. The van der Waals surface area contributed by atoms with Gasteiger partial charge in [0.05, 0.1) is 5.57 Å². The lowest BCUT2D eigenvalue weighted by Crippen LogP contribution is -2.12. The molecular weight excluding hydrogens is 427 g/mol. The SMILES string of the molecule is C=C/C(=C\C(=C/C)C(F)(F)F)NC.CCC.CCC=O.CCN.CNc1c(C)cccc1C. The van der Waals surface area contributed by atoms with Gasteiger partial charge >= 0.3 is 6.18 Å². The average molecular weight is 474 g/mol. The molecule has 0 fully saturated rings. The molecule has 0 saturated heterocycles. The predicted octanol–water partition coefficient (Wildman–Crippen LogP) is 7.11. The summed E-state index contributed by atoms with van der Waals surface area (Å²) in [6.07, 6.45) is 1.81. The van der Waals surface area contributed by atoms with Crippen LogP contribution < -0.4 is 16.4 Å². The number of alkyl halides is 3. The number of para-hydroxylation sites is 1. The molecule has 1 aromatic rings. The van der Waals surface area contributed by atoms with Gasteiger partial charge in [0.1, 0.15) is 6.29 Å². The van der Waals surface area contributed by atoms with E-state index in [-0.39, 0.29) is 0 Å². The molecule has 4 nitrogen and oxygen atoms in total. The highest BCUT2D eigenvalue weighted by molar-refractivity contribution is 5.55. The van der Waals surface area contributed by atoms with E-state index in [0.29, 0.717) is 12.1 Å². The molecule has 1 aromatic carbocycles. The number of allylic oxidation sites excluding steroid dienone is 4. The van der Waals surface area contributed by atoms with Crippen LogP contribution in [0.25, 0.3) is 0 Å². The summed E-state index contributed by atoms with van der Waals surface area (Å²) in [7, 11) is 3.49. The fourth-order valence-electron chi connectivity index (χ4n) is 1.94. The van der Waals surface area contributed by atoms with Crippen LogP contribution in [-0.4, -0.2) is 33.1 Å². The zero-order valence-electron chi connectivity index (χ0n) is 22.0. The van der Waals surface area contributed by atoms with Gasteiger partial charge in [-0.2, -0.15) is 13.2 Å². The van der Waals surface area contributed by atoms with Crippen LogP contribution in [0, 0.1) is 13.8 Å². The number of hydrogen-bond acceptors (Lipinski definition) is 4. The van der Waals surface area contributed by atoms with Gasteiger partial charge in [-0.25, -0.2) is 0 Å². The Morgan fingerprint density at radius 2 is 1.48 bits per heavy atom. The second kappa shape index (κ2) is 25.7. The third-order valence-corrected chi connectivity index (χ3v) is 3.36. The van der Waals surface area contributed by atoms with Gasteiger partial charge < -0.3 is 21.2 Å². The van der Waals surface area contributed by atoms with Crippen molar-refractivity contribution in [3.05, 3.63) is 65.4 Å². The Hall–Kier alpha value is -2.54. The van der Waals surface area contributed by atoms with Gasteiger partial charge in [0.25, 0.3) is 0 Å². The number of rotatable bonds is 5. The summed E-state index contributed by atoms with van der Waals surface area (Å²) in [5, 5.41) is 5.75. The molecule has 0 spiro atoms. The second-order valence-electron chi connectivity index (χ2n) is 6.50. The molecule has 33 heavy (non-hydrogen) atoms. The molecule has 192 valence electrons. The van der Waals surface area contributed by atoms with Crippen LogP contribution in [0.15, 0.2) is 54.3 Å². The zero-order valence-corrected chi connectivity index (χ0v) is 22.0. The molecule has 7 heteroatoms. The van der Waals surface area contributed by atoms with E-state index in [4.69, 9.17) is 5.73 Å². The fraction of sp³-hybridized carbons (Fsp3) is 0.500. The second-order valence-corrected chi connectivity index (χ2v) is 6.50. The van der Waals surface area contributed by atoms with Crippen LogP contribution in [0.3, 0.4) is 0 Å². The van der Waals surface area contributed by atoms with E-state index in [1.54, 1.807) is 0 Å². The van der Waals surface area contributed by atoms with Crippen LogP contribution in [0.4, 0.5) is 18.9 Å². The van der Waals surface area contributed by atoms with Crippen molar-refractivity contribution in [3.63, 3.8) is 0 Å². The van der Waals surface area contributed by atoms with E-state index < -0.39 is 11.7 Å². The Morgan fingerprint density at radius 1 is 1.09 bits per heavy atom. The lowest BCUT2D eigenvalue weighted by molar-refractivity contribution is -0.107. The minimum atomic E-state index is -4.31. The molecule has 0 saturated carbocycles. The summed E-state index contributed by atoms with van der Waals surface area (Å²) >= 11 is 0. The van der Waals surface area contributed by atoms with Crippen molar-refractivity contribution in [1.82, 2.24) is 5.32 Å². The monoisotopic (exact) mass is 473 g/mol. The van der Waals surface area contributed by atoms with Gasteiger partial charge in [0, 0.05) is 31.9 Å². The van der Waals surface area contributed by atoms with Crippen LogP contribution in [0.2, 0.25) is 0 Å². The molecule has 0 bridgehead atoms. The molecule has 0 heterocycles. The minimum Gasteiger partial charge on any atom is -0.388 e. The Bertz CT molecular complexity index is 645. The van der Waals surface area contributed by atoms with Gasteiger partial charge in [0.2, 0.25) is 0 Å². The van der Waals surface area contributed by atoms with Crippen LogP contribution in [0.5, 0.6) is 0 Å². The Balaban J connectivity index is -0.000000184. The van der Waals surface area contributed by atoms with Crippen LogP contribution in [0.1, 0.15) is 58.6 Å². The van der Waals surface area contributed by atoms with Crippen molar-refractivity contribution in [1.29, 1.82) is 0 Å². The van der Waals surface area contributed by atoms with Gasteiger partial charge in [-0.3, -0.25) is 0 Å². The topological polar surface area (TPSA) is 67.2 Å². The largest absolute Gasteiger partial charge is 0.416 e. The van der Waals surface area contributed by atoms with E-state index in [1.807, 2.05) is 20.9 Å². The summed E-state index contributed by atoms with van der Waals surface area (Å²) in [5.41, 5.74) is 8.37. The van der Waals surface area contributed by atoms with Crippen molar-refractivity contribution in [2.45, 2.75) is 67.5 Å². The van der Waals surface area contributed by atoms with E-state index in [1.165, 1.54) is 43.3 Å². The molecule has 0 aliphatic heterocycles. The number of halogens is 3. The fourth-order valence-corrected chi connectivity index (χ4v) is 1.94. The third kappa shape index (κ3) is 23.9. The van der Waals surface area contributed by atoms with Gasteiger partial charge in [0.15, 0.2) is 0 Å². The van der Waals surface area contributed by atoms with E-state index in [9.17, 15) is 18.0 Å². The molecule has 0 radical (unpaired) electrons. The number of aryl methyl sites for hydroxylation is 2. The quantitative estimate of drug-likeness (QED) is 0.315. The van der Waals surface area contributed by atoms with Crippen molar-refractivity contribution in [2.24, 2.45) is 5.73 Å². The molecule has 0 aliphatic carbocycles. The standard InChI is InChI=1S/C9H12F3N.C9H13N.C3H6O.C3H8.C2H7N/c1-4-7(9(10,11)12)6-8(5-2)13-3;1-7-5-4-6-8(2)9(7)10-3;1-2-3-4;1-3-2;1-2-3/h4-6,13H,2H2,1,3H3;4-6,10H,1-3H3;3H,2H2,1H3;3H2,1-2H3;2-3H2,1H3/b7-4+,8-6+;;;;. The zero-order chi connectivity index (χ0) is 26.9. The van der Waals surface area contributed by atoms with Crippen LogP contribution >= 0.6 is 0 Å². The number of anilines is 1. The number of likely N-dealkylation sites (N-methyl/N-ethyl adjacent to an activating group) is 1. The number of carbonyl (C=O) groups is 1. The summed E-state index contributed by atoms with van der Waals surface area (Å²) in [6.45, 7) is 17.7. The van der Waals surface area contributed by atoms with Crippen molar-refractivity contribution in [3.8, 4) is 0 Å². The highest BCUT2D eigenvalue weighted by Gasteiger charge is 2.31. The molecule has 0 aliphatic rings. The van der Waals surface area contributed by atoms with Crippen molar-refractivity contribution >= 4 is 12.0 Å². The molecule has 1 rings (SSSR count). The highest BCUT2D eigenvalue weighted by Crippen LogP contribution is 2.27. The first kappa shape index (κ1) is 37.8. The first-order valence-corrected chi connectivity index (χ1v) is 11.1.